The SMILES string of the molecule is COc1ccc(C[N+]2(C)CCC(NC(=O)c3occ4ccccc34)CC2)cc1.[I-]. The molecule has 2 heterocycles. The smallest absolute Gasteiger partial charge is 0.287 e. The van der Waals surface area contributed by atoms with Gasteiger partial charge in [-0.05, 0) is 24.3 Å². The van der Waals surface area contributed by atoms with Gasteiger partial charge in [-0.1, -0.05) is 24.3 Å². The number of hydrogen-bond acceptors (Lipinski definition) is 3. The Balaban J connectivity index is 0.00000240. The van der Waals surface area contributed by atoms with Crippen molar-refractivity contribution in [2.24, 2.45) is 0 Å². The summed E-state index contributed by atoms with van der Waals surface area (Å²) in [5.74, 6) is 1.19. The Morgan fingerprint density at radius 1 is 1.14 bits per heavy atom. The minimum Gasteiger partial charge on any atom is -1.00 e. The van der Waals surface area contributed by atoms with Crippen LogP contribution in [0, 0.1) is 0 Å². The molecule has 1 aliphatic rings. The first-order valence-electron chi connectivity index (χ1n) is 9.80. The highest BCUT2D eigenvalue weighted by Gasteiger charge is 2.31. The molecule has 0 atom stereocenters. The lowest BCUT2D eigenvalue weighted by Crippen LogP contribution is -3.00. The minimum atomic E-state index is -0.113. The third-order valence-electron chi connectivity index (χ3n) is 5.81. The molecule has 1 aliphatic heterocycles. The molecule has 29 heavy (non-hydrogen) atoms. The second-order valence-corrected chi connectivity index (χ2v) is 7.97. The average Bonchev–Trinajstić information content (AvgIpc) is 3.15. The van der Waals surface area contributed by atoms with Gasteiger partial charge in [-0.2, -0.15) is 0 Å². The van der Waals surface area contributed by atoms with Crippen molar-refractivity contribution < 1.29 is 42.4 Å². The van der Waals surface area contributed by atoms with E-state index in [-0.39, 0.29) is 35.9 Å². The first-order valence-corrected chi connectivity index (χ1v) is 9.80. The molecule has 0 bridgehead atoms. The van der Waals surface area contributed by atoms with Crippen LogP contribution in [0.2, 0.25) is 0 Å². The molecule has 0 saturated carbocycles. The summed E-state index contributed by atoms with van der Waals surface area (Å²) in [7, 11) is 3.98. The Bertz CT molecular complexity index is 960. The average molecular weight is 506 g/mol. The first kappa shape index (κ1) is 21.6. The standard InChI is InChI=1S/C23H26N2O3.HI/c1-25(15-17-7-9-20(27-2)10-8-17)13-11-19(12-14-25)24-23(26)22-21-6-4-3-5-18(21)16-28-22;/h3-10,16,19H,11-15H2,1-2H3;1H. The summed E-state index contributed by atoms with van der Waals surface area (Å²) in [5.41, 5.74) is 1.31. The molecule has 3 aromatic rings. The van der Waals surface area contributed by atoms with E-state index in [1.54, 1.807) is 13.4 Å². The molecule has 0 aliphatic carbocycles. The van der Waals surface area contributed by atoms with Gasteiger partial charge >= 0.3 is 0 Å². The van der Waals surface area contributed by atoms with Crippen molar-refractivity contribution in [3.63, 3.8) is 0 Å². The first-order chi connectivity index (χ1) is 13.6. The number of amides is 1. The second kappa shape index (κ2) is 9.17. The monoisotopic (exact) mass is 506 g/mol. The van der Waals surface area contributed by atoms with E-state index in [0.717, 1.165) is 53.5 Å². The van der Waals surface area contributed by atoms with E-state index >= 15 is 0 Å². The van der Waals surface area contributed by atoms with E-state index in [0.29, 0.717) is 5.76 Å². The number of rotatable bonds is 5. The predicted molar refractivity (Wildman–Crippen MR) is 109 cm³/mol. The van der Waals surface area contributed by atoms with Crippen LogP contribution in [-0.4, -0.2) is 43.7 Å². The van der Waals surface area contributed by atoms with Crippen LogP contribution >= 0.6 is 0 Å². The molecular weight excluding hydrogens is 479 g/mol. The quantitative estimate of drug-likeness (QED) is 0.415. The molecule has 4 rings (SSSR count). The number of fused-ring (bicyclic) bond motifs is 1. The maximum atomic E-state index is 12.7. The van der Waals surface area contributed by atoms with Crippen molar-refractivity contribution >= 4 is 16.7 Å². The van der Waals surface area contributed by atoms with E-state index in [1.165, 1.54) is 5.56 Å². The number of hydrogen-bond donors (Lipinski definition) is 1. The van der Waals surface area contributed by atoms with E-state index in [1.807, 2.05) is 36.4 Å². The summed E-state index contributed by atoms with van der Waals surface area (Å²) in [6.45, 7) is 3.07. The molecule has 2 aromatic carbocycles. The zero-order valence-corrected chi connectivity index (χ0v) is 19.0. The van der Waals surface area contributed by atoms with Crippen molar-refractivity contribution in [3.8, 4) is 5.75 Å². The van der Waals surface area contributed by atoms with Crippen molar-refractivity contribution in [1.29, 1.82) is 0 Å². The van der Waals surface area contributed by atoms with Crippen molar-refractivity contribution in [1.82, 2.24) is 5.32 Å². The number of benzene rings is 2. The normalized spacial score (nSPS) is 21.4. The highest BCUT2D eigenvalue weighted by Crippen LogP contribution is 2.24. The van der Waals surface area contributed by atoms with Gasteiger partial charge in [0.05, 0.1) is 33.5 Å². The summed E-state index contributed by atoms with van der Waals surface area (Å²) in [5, 5.41) is 5.00. The van der Waals surface area contributed by atoms with Gasteiger partial charge < -0.3 is 42.9 Å². The summed E-state index contributed by atoms with van der Waals surface area (Å²) < 4.78 is 11.8. The van der Waals surface area contributed by atoms with Crippen LogP contribution in [0.3, 0.4) is 0 Å². The van der Waals surface area contributed by atoms with Gasteiger partial charge in [-0.25, -0.2) is 0 Å². The van der Waals surface area contributed by atoms with E-state index in [9.17, 15) is 4.79 Å². The Morgan fingerprint density at radius 2 is 1.83 bits per heavy atom. The fourth-order valence-electron chi connectivity index (χ4n) is 4.08. The zero-order valence-electron chi connectivity index (χ0n) is 16.9. The minimum absolute atomic E-state index is 0. The summed E-state index contributed by atoms with van der Waals surface area (Å²) in [6, 6.07) is 16.3. The Kier molecular flexibility index (Phi) is 6.85. The number of methoxy groups -OCH3 is 1. The molecule has 1 aromatic heterocycles. The van der Waals surface area contributed by atoms with Crippen LogP contribution in [0.5, 0.6) is 5.75 Å². The topological polar surface area (TPSA) is 51.5 Å². The zero-order chi connectivity index (χ0) is 19.6. The second-order valence-electron chi connectivity index (χ2n) is 7.97. The van der Waals surface area contributed by atoms with Gasteiger partial charge in [0.2, 0.25) is 0 Å². The van der Waals surface area contributed by atoms with Crippen LogP contribution in [0.15, 0.2) is 59.2 Å². The number of ether oxygens (including phenoxy) is 1. The molecule has 1 N–H and O–H groups in total. The molecule has 1 saturated heterocycles. The van der Waals surface area contributed by atoms with Crippen LogP contribution < -0.4 is 34.0 Å². The molecule has 1 amide bonds. The number of nitrogens with zero attached hydrogens (tertiary/aromatic N) is 1. The Morgan fingerprint density at radius 3 is 2.52 bits per heavy atom. The fraction of sp³-hybridized carbons (Fsp3) is 0.348. The molecular formula is C23H27IN2O3. The molecule has 6 heteroatoms. The van der Waals surface area contributed by atoms with Crippen LogP contribution in [0.1, 0.15) is 29.0 Å². The molecule has 154 valence electrons. The molecule has 0 spiro atoms. The van der Waals surface area contributed by atoms with E-state index < -0.39 is 0 Å². The van der Waals surface area contributed by atoms with Crippen LogP contribution in [0.4, 0.5) is 0 Å². The van der Waals surface area contributed by atoms with Gasteiger partial charge in [-0.15, -0.1) is 0 Å². The van der Waals surface area contributed by atoms with E-state index in [2.05, 4.69) is 24.5 Å². The number of furan rings is 1. The maximum absolute atomic E-state index is 12.7. The molecule has 0 radical (unpaired) electrons. The number of likely N-dealkylation sites (tertiary alicyclic amines) is 1. The summed E-state index contributed by atoms with van der Waals surface area (Å²) in [4.78, 5) is 12.7. The third kappa shape index (κ3) is 4.93. The number of halogens is 1. The van der Waals surface area contributed by atoms with Crippen molar-refractivity contribution in [2.75, 3.05) is 27.2 Å². The Hall–Kier alpha value is -2.06. The number of quaternary nitrogens is 1. The van der Waals surface area contributed by atoms with Crippen molar-refractivity contribution in [3.05, 3.63) is 66.1 Å². The molecule has 0 unspecified atom stereocenters. The molecule has 1 fully saturated rings. The number of piperidine rings is 1. The third-order valence-corrected chi connectivity index (χ3v) is 5.81. The maximum Gasteiger partial charge on any atom is 0.287 e. The largest absolute Gasteiger partial charge is 1.00 e. The highest BCUT2D eigenvalue weighted by atomic mass is 127. The lowest BCUT2D eigenvalue weighted by Gasteiger charge is -2.40. The van der Waals surface area contributed by atoms with E-state index in [4.69, 9.17) is 9.15 Å². The lowest BCUT2D eigenvalue weighted by molar-refractivity contribution is -0.927. The van der Waals surface area contributed by atoms with Crippen molar-refractivity contribution in [2.45, 2.75) is 25.4 Å². The van der Waals surface area contributed by atoms with Crippen LogP contribution in [-0.2, 0) is 6.54 Å². The lowest BCUT2D eigenvalue weighted by atomic mass is 10.0. The summed E-state index contributed by atoms with van der Waals surface area (Å²) >= 11 is 0. The predicted octanol–water partition coefficient (Wildman–Crippen LogP) is 0.984. The van der Waals surface area contributed by atoms with Gasteiger partial charge in [0.1, 0.15) is 12.3 Å². The van der Waals surface area contributed by atoms with Gasteiger partial charge in [0.25, 0.3) is 5.91 Å². The Labute approximate surface area is 188 Å². The van der Waals surface area contributed by atoms with Crippen LogP contribution in [0.25, 0.3) is 10.8 Å². The summed E-state index contributed by atoms with van der Waals surface area (Å²) in [6.07, 6.45) is 3.59. The van der Waals surface area contributed by atoms with Gasteiger partial charge in [0.15, 0.2) is 5.76 Å². The van der Waals surface area contributed by atoms with Gasteiger partial charge in [-0.3, -0.25) is 4.79 Å². The number of nitrogens with one attached hydrogen (secondary N) is 1. The van der Waals surface area contributed by atoms with Gasteiger partial charge in [0, 0.05) is 35.2 Å². The fourth-order valence-corrected chi connectivity index (χ4v) is 4.08. The molecule has 5 nitrogen and oxygen atoms in total. The highest BCUT2D eigenvalue weighted by molar-refractivity contribution is 6.04. The number of carbonyl (C=O) groups is 1. The number of carbonyl (C=O) groups excluding carboxylic acids is 1.